The predicted octanol–water partition coefficient (Wildman–Crippen LogP) is 2.76. The summed E-state index contributed by atoms with van der Waals surface area (Å²) >= 11 is 0. The van der Waals surface area contributed by atoms with E-state index in [2.05, 4.69) is 16.5 Å². The van der Waals surface area contributed by atoms with Crippen molar-refractivity contribution >= 4 is 17.6 Å². The standard InChI is InChI=1S/C24H30FN3O4/c1-5-22(29)28-11-10-27(13-17(28)3)14-21(18-7-6-16(2)19(25)12-18)32-24(4)9-8-20(23(30)31)26-15-24/h5-9,12,17,21H,1,10-11,13-15H2,2-4H3,(H,30,31)/t17-,21+,24?/m1/s1. The number of benzene rings is 1. The van der Waals surface area contributed by atoms with Gasteiger partial charge in [-0.3, -0.25) is 14.7 Å². The molecule has 32 heavy (non-hydrogen) atoms. The summed E-state index contributed by atoms with van der Waals surface area (Å²) in [6.07, 6.45) is 4.01. The van der Waals surface area contributed by atoms with Crippen LogP contribution in [0.4, 0.5) is 4.39 Å². The largest absolute Gasteiger partial charge is 0.477 e. The van der Waals surface area contributed by atoms with Crippen molar-refractivity contribution in [3.05, 3.63) is 60.0 Å². The highest BCUT2D eigenvalue weighted by Crippen LogP contribution is 2.30. The number of carbonyl (C=O) groups excluding carboxylic acids is 1. The highest BCUT2D eigenvalue weighted by molar-refractivity contribution is 6.40. The molecule has 8 heteroatoms. The van der Waals surface area contributed by atoms with E-state index in [1.54, 1.807) is 24.0 Å². The second-order valence-electron chi connectivity index (χ2n) is 8.61. The quantitative estimate of drug-likeness (QED) is 0.656. The van der Waals surface area contributed by atoms with Crippen molar-refractivity contribution in [1.82, 2.24) is 9.80 Å². The van der Waals surface area contributed by atoms with E-state index in [1.807, 2.05) is 19.9 Å². The van der Waals surface area contributed by atoms with Crippen molar-refractivity contribution in [1.29, 1.82) is 0 Å². The number of nitrogens with zero attached hydrogens (tertiary/aromatic N) is 3. The number of hydrogen-bond acceptors (Lipinski definition) is 5. The molecule has 172 valence electrons. The Hall–Kier alpha value is -2.84. The van der Waals surface area contributed by atoms with Crippen LogP contribution in [0.1, 0.15) is 31.1 Å². The van der Waals surface area contributed by atoms with Gasteiger partial charge in [0.2, 0.25) is 5.91 Å². The Bertz CT molecular complexity index is 961. The van der Waals surface area contributed by atoms with Crippen LogP contribution in [0.15, 0.2) is 48.0 Å². The van der Waals surface area contributed by atoms with Crippen LogP contribution in [0.25, 0.3) is 0 Å². The SMILES string of the molecule is C=CC(=O)N1CCN(C[C@H](OC2(C)C=CC(C(=O)O)=NC2)c2ccc(C)c(F)c2)C[C@H]1C. The molecular weight excluding hydrogens is 413 g/mol. The minimum atomic E-state index is -1.08. The van der Waals surface area contributed by atoms with E-state index in [0.717, 1.165) is 0 Å². The highest BCUT2D eigenvalue weighted by atomic mass is 19.1. The summed E-state index contributed by atoms with van der Waals surface area (Å²) in [6, 6.07) is 5.08. The Kier molecular flexibility index (Phi) is 7.26. The van der Waals surface area contributed by atoms with Gasteiger partial charge in [0, 0.05) is 32.2 Å². The number of aliphatic carboxylic acids is 1. The van der Waals surface area contributed by atoms with Gasteiger partial charge in [-0.15, -0.1) is 0 Å². The summed E-state index contributed by atoms with van der Waals surface area (Å²) in [6.45, 7) is 11.7. The first-order chi connectivity index (χ1) is 15.1. The van der Waals surface area contributed by atoms with Gasteiger partial charge in [-0.2, -0.15) is 0 Å². The van der Waals surface area contributed by atoms with Crippen LogP contribution in [0.5, 0.6) is 0 Å². The van der Waals surface area contributed by atoms with Crippen LogP contribution in [0.2, 0.25) is 0 Å². The number of amides is 1. The summed E-state index contributed by atoms with van der Waals surface area (Å²) in [7, 11) is 0. The van der Waals surface area contributed by atoms with Crippen molar-refractivity contribution in [3.63, 3.8) is 0 Å². The van der Waals surface area contributed by atoms with Gasteiger partial charge in [-0.1, -0.05) is 18.7 Å². The lowest BCUT2D eigenvalue weighted by Crippen LogP contribution is -2.54. The molecule has 2 aliphatic rings. The van der Waals surface area contributed by atoms with Gasteiger partial charge in [0.05, 0.1) is 12.6 Å². The molecule has 1 saturated heterocycles. The first kappa shape index (κ1) is 23.8. The van der Waals surface area contributed by atoms with Crippen molar-refractivity contribution in [2.75, 3.05) is 32.7 Å². The average molecular weight is 444 g/mol. The van der Waals surface area contributed by atoms with Crippen LogP contribution in [0.3, 0.4) is 0 Å². The fourth-order valence-corrected chi connectivity index (χ4v) is 4.04. The van der Waals surface area contributed by atoms with Crippen molar-refractivity contribution in [3.8, 4) is 0 Å². The van der Waals surface area contributed by atoms with Gasteiger partial charge in [0.15, 0.2) is 0 Å². The number of dihydropyridines is 1. The van der Waals surface area contributed by atoms with Crippen molar-refractivity contribution in [2.24, 2.45) is 4.99 Å². The lowest BCUT2D eigenvalue weighted by atomic mass is 10.00. The molecule has 0 radical (unpaired) electrons. The topological polar surface area (TPSA) is 82.4 Å². The fraction of sp³-hybridized carbons (Fsp3) is 0.458. The zero-order valence-corrected chi connectivity index (χ0v) is 18.8. The molecule has 1 aromatic carbocycles. The number of carboxylic acids is 1. The van der Waals surface area contributed by atoms with Crippen molar-refractivity contribution in [2.45, 2.75) is 38.5 Å². The van der Waals surface area contributed by atoms with Gasteiger partial charge >= 0.3 is 5.97 Å². The van der Waals surface area contributed by atoms with E-state index in [-0.39, 0.29) is 30.0 Å². The number of piperazine rings is 1. The molecule has 1 N–H and O–H groups in total. The average Bonchev–Trinajstić information content (AvgIpc) is 2.75. The number of carbonyl (C=O) groups is 2. The normalized spacial score (nSPS) is 24.7. The van der Waals surface area contributed by atoms with Crippen LogP contribution in [-0.4, -0.2) is 76.9 Å². The number of carboxylic acid groups (broad SMARTS) is 1. The minimum absolute atomic E-state index is 0.0116. The Balaban J connectivity index is 1.79. The summed E-state index contributed by atoms with van der Waals surface area (Å²) in [5, 5.41) is 9.14. The highest BCUT2D eigenvalue weighted by Gasteiger charge is 2.33. The first-order valence-electron chi connectivity index (χ1n) is 10.7. The van der Waals surface area contributed by atoms with E-state index < -0.39 is 17.7 Å². The molecule has 0 aliphatic carbocycles. The maximum atomic E-state index is 14.3. The lowest BCUT2D eigenvalue weighted by molar-refractivity contribution is -0.131. The molecule has 1 amide bonds. The Morgan fingerprint density at radius 1 is 1.44 bits per heavy atom. The van der Waals surface area contributed by atoms with Crippen LogP contribution in [0, 0.1) is 12.7 Å². The molecule has 1 fully saturated rings. The van der Waals surface area contributed by atoms with Gasteiger partial charge < -0.3 is 14.7 Å². The molecule has 7 nitrogen and oxygen atoms in total. The smallest absolute Gasteiger partial charge is 0.354 e. The fourth-order valence-electron chi connectivity index (χ4n) is 4.04. The van der Waals surface area contributed by atoms with Gasteiger partial charge in [0.25, 0.3) is 0 Å². The molecule has 0 spiro atoms. The first-order valence-corrected chi connectivity index (χ1v) is 10.7. The van der Waals surface area contributed by atoms with Gasteiger partial charge in [-0.25, -0.2) is 9.18 Å². The third kappa shape index (κ3) is 5.49. The minimum Gasteiger partial charge on any atom is -0.477 e. The summed E-state index contributed by atoms with van der Waals surface area (Å²) in [5.74, 6) is -1.47. The molecule has 0 aromatic heterocycles. The monoisotopic (exact) mass is 443 g/mol. The number of aryl methyl sites for hydroxylation is 1. The molecule has 1 aromatic rings. The molecule has 2 aliphatic heterocycles. The molecule has 3 rings (SSSR count). The number of hydrogen-bond donors (Lipinski definition) is 1. The zero-order chi connectivity index (χ0) is 23.5. The maximum absolute atomic E-state index is 14.3. The predicted molar refractivity (Wildman–Crippen MR) is 120 cm³/mol. The van der Waals surface area contributed by atoms with Crippen LogP contribution < -0.4 is 0 Å². The molecular formula is C24H30FN3O4. The number of ether oxygens (including phenoxy) is 1. The van der Waals surface area contributed by atoms with E-state index >= 15 is 0 Å². The van der Waals surface area contributed by atoms with E-state index in [0.29, 0.717) is 37.3 Å². The molecule has 0 saturated carbocycles. The van der Waals surface area contributed by atoms with E-state index in [9.17, 15) is 14.0 Å². The molecule has 2 heterocycles. The molecule has 3 atom stereocenters. The second kappa shape index (κ2) is 9.75. The van der Waals surface area contributed by atoms with Crippen LogP contribution >= 0.6 is 0 Å². The van der Waals surface area contributed by atoms with Gasteiger partial charge in [0.1, 0.15) is 17.1 Å². The summed E-state index contributed by atoms with van der Waals surface area (Å²) in [4.78, 5) is 31.3. The summed E-state index contributed by atoms with van der Waals surface area (Å²) in [5.41, 5.74) is 0.419. The molecule has 0 bridgehead atoms. The zero-order valence-electron chi connectivity index (χ0n) is 18.8. The van der Waals surface area contributed by atoms with E-state index in [4.69, 9.17) is 9.84 Å². The Morgan fingerprint density at radius 2 is 2.19 bits per heavy atom. The van der Waals surface area contributed by atoms with E-state index in [1.165, 1.54) is 18.2 Å². The second-order valence-corrected chi connectivity index (χ2v) is 8.61. The third-order valence-electron chi connectivity index (χ3n) is 5.95. The number of aliphatic imine (C=N–C) groups is 1. The maximum Gasteiger partial charge on any atom is 0.354 e. The Labute approximate surface area is 187 Å². The van der Waals surface area contributed by atoms with Crippen LogP contribution in [-0.2, 0) is 14.3 Å². The lowest BCUT2D eigenvalue weighted by Gasteiger charge is -2.41. The summed E-state index contributed by atoms with van der Waals surface area (Å²) < 4.78 is 20.8. The Morgan fingerprint density at radius 3 is 2.75 bits per heavy atom. The molecule has 1 unspecified atom stereocenters. The number of halogens is 1. The third-order valence-corrected chi connectivity index (χ3v) is 5.95. The van der Waals surface area contributed by atoms with Gasteiger partial charge in [-0.05, 0) is 56.2 Å². The number of rotatable bonds is 7. The van der Waals surface area contributed by atoms with Crippen molar-refractivity contribution < 1.29 is 23.8 Å².